The van der Waals surface area contributed by atoms with Gasteiger partial charge in [-0.1, -0.05) is 232 Å². The Morgan fingerprint density at radius 1 is 0.255 bits per heavy atom. The quantitative estimate of drug-likeness (QED) is 0.0665. The number of hydrogen-bond acceptors (Lipinski definition) is 3. The first-order valence-electron chi connectivity index (χ1n) is 22.0. The van der Waals surface area contributed by atoms with Crippen LogP contribution in [0.25, 0.3) is 0 Å². The van der Waals surface area contributed by atoms with E-state index in [0.717, 1.165) is 30.3 Å². The SMILES string of the molecule is CCCCCCCCCCCCCCCCCCCCc1nc(C)nc(CCCCCCCCCCCCCCCCCCCC)n1. The van der Waals surface area contributed by atoms with Gasteiger partial charge in [0, 0.05) is 12.8 Å². The molecule has 3 nitrogen and oxygen atoms in total. The van der Waals surface area contributed by atoms with Crippen molar-refractivity contribution in [1.29, 1.82) is 0 Å². The smallest absolute Gasteiger partial charge is 0.132 e. The summed E-state index contributed by atoms with van der Waals surface area (Å²) in [6.07, 6.45) is 53.2. The summed E-state index contributed by atoms with van der Waals surface area (Å²) in [5.74, 6) is 2.98. The number of aryl methyl sites for hydroxylation is 3. The molecule has 0 aliphatic rings. The Hall–Kier alpha value is -0.990. The topological polar surface area (TPSA) is 38.7 Å². The molecule has 0 spiro atoms. The zero-order valence-corrected chi connectivity index (χ0v) is 32.7. The molecule has 276 valence electrons. The fourth-order valence-corrected chi connectivity index (χ4v) is 7.19. The predicted molar refractivity (Wildman–Crippen MR) is 210 cm³/mol. The van der Waals surface area contributed by atoms with Crippen LogP contribution in [0.3, 0.4) is 0 Å². The zero-order chi connectivity index (χ0) is 33.7. The maximum atomic E-state index is 4.84. The van der Waals surface area contributed by atoms with Crippen molar-refractivity contribution in [1.82, 2.24) is 15.0 Å². The van der Waals surface area contributed by atoms with Gasteiger partial charge in [-0.3, -0.25) is 0 Å². The van der Waals surface area contributed by atoms with E-state index in [0.29, 0.717) is 0 Å². The van der Waals surface area contributed by atoms with Crippen LogP contribution >= 0.6 is 0 Å². The molecular weight excluding hydrogens is 571 g/mol. The summed E-state index contributed by atoms with van der Waals surface area (Å²) in [7, 11) is 0. The van der Waals surface area contributed by atoms with Crippen LogP contribution in [0.1, 0.15) is 262 Å². The highest BCUT2D eigenvalue weighted by Gasteiger charge is 2.05. The second-order valence-electron chi connectivity index (χ2n) is 15.2. The van der Waals surface area contributed by atoms with Crippen molar-refractivity contribution in [3.05, 3.63) is 17.5 Å². The molecular formula is C44H85N3. The van der Waals surface area contributed by atoms with E-state index in [4.69, 9.17) is 4.98 Å². The first kappa shape index (κ1) is 44.0. The van der Waals surface area contributed by atoms with Gasteiger partial charge in [-0.2, -0.15) is 0 Å². The molecule has 0 unspecified atom stereocenters. The van der Waals surface area contributed by atoms with Crippen molar-refractivity contribution in [2.24, 2.45) is 0 Å². The molecule has 0 aromatic carbocycles. The van der Waals surface area contributed by atoms with Crippen molar-refractivity contribution in [2.45, 2.75) is 265 Å². The van der Waals surface area contributed by atoms with E-state index in [-0.39, 0.29) is 0 Å². The van der Waals surface area contributed by atoms with Gasteiger partial charge in [0.2, 0.25) is 0 Å². The van der Waals surface area contributed by atoms with E-state index in [1.165, 1.54) is 231 Å². The first-order valence-corrected chi connectivity index (χ1v) is 22.0. The Morgan fingerprint density at radius 2 is 0.447 bits per heavy atom. The molecule has 0 bridgehead atoms. The van der Waals surface area contributed by atoms with Gasteiger partial charge in [-0.15, -0.1) is 0 Å². The molecule has 0 aliphatic heterocycles. The van der Waals surface area contributed by atoms with Crippen molar-refractivity contribution in [3.63, 3.8) is 0 Å². The third-order valence-corrected chi connectivity index (χ3v) is 10.3. The molecule has 1 aromatic heterocycles. The fraction of sp³-hybridized carbons (Fsp3) is 0.932. The predicted octanol–water partition coefficient (Wildman–Crippen LogP) is 15.3. The highest BCUT2D eigenvalue weighted by atomic mass is 15.0. The minimum absolute atomic E-state index is 0.912. The largest absolute Gasteiger partial charge is 0.218 e. The summed E-state index contributed by atoms with van der Waals surface area (Å²) in [6.45, 7) is 6.65. The van der Waals surface area contributed by atoms with Gasteiger partial charge in [-0.05, 0) is 19.8 Å². The molecule has 0 N–H and O–H groups in total. The van der Waals surface area contributed by atoms with Gasteiger partial charge in [-0.25, -0.2) is 15.0 Å². The lowest BCUT2D eigenvalue weighted by Crippen LogP contribution is -2.06. The maximum Gasteiger partial charge on any atom is 0.132 e. The van der Waals surface area contributed by atoms with Gasteiger partial charge in [0.15, 0.2) is 0 Å². The summed E-state index contributed by atoms with van der Waals surface area (Å²) in [5.41, 5.74) is 0. The van der Waals surface area contributed by atoms with Crippen LogP contribution in [0.15, 0.2) is 0 Å². The van der Waals surface area contributed by atoms with Gasteiger partial charge in [0.1, 0.15) is 17.5 Å². The molecule has 0 amide bonds. The molecule has 0 fully saturated rings. The van der Waals surface area contributed by atoms with E-state index < -0.39 is 0 Å². The lowest BCUT2D eigenvalue weighted by Gasteiger charge is -2.06. The van der Waals surface area contributed by atoms with Crippen LogP contribution in [0.2, 0.25) is 0 Å². The maximum absolute atomic E-state index is 4.84. The molecule has 3 heteroatoms. The van der Waals surface area contributed by atoms with Crippen LogP contribution in [0.5, 0.6) is 0 Å². The molecule has 1 aromatic rings. The van der Waals surface area contributed by atoms with Crippen molar-refractivity contribution < 1.29 is 0 Å². The molecule has 1 rings (SSSR count). The summed E-state index contributed by atoms with van der Waals surface area (Å²) in [6, 6.07) is 0. The minimum atomic E-state index is 0.912. The number of nitrogens with zero attached hydrogens (tertiary/aromatic N) is 3. The van der Waals surface area contributed by atoms with E-state index in [2.05, 4.69) is 23.8 Å². The average Bonchev–Trinajstić information content (AvgIpc) is 3.07. The van der Waals surface area contributed by atoms with Crippen molar-refractivity contribution in [3.8, 4) is 0 Å². The summed E-state index contributed by atoms with van der Waals surface area (Å²) < 4.78 is 0. The third-order valence-electron chi connectivity index (χ3n) is 10.3. The summed E-state index contributed by atoms with van der Waals surface area (Å²) >= 11 is 0. The summed E-state index contributed by atoms with van der Waals surface area (Å²) in [4.78, 5) is 14.2. The van der Waals surface area contributed by atoms with Crippen LogP contribution in [-0.2, 0) is 12.8 Å². The highest BCUT2D eigenvalue weighted by molar-refractivity contribution is 4.96. The van der Waals surface area contributed by atoms with Gasteiger partial charge in [0.05, 0.1) is 0 Å². The van der Waals surface area contributed by atoms with E-state index in [1.807, 2.05) is 6.92 Å². The first-order chi connectivity index (χ1) is 23.3. The Morgan fingerprint density at radius 3 is 0.660 bits per heavy atom. The Bertz CT molecular complexity index is 689. The zero-order valence-electron chi connectivity index (χ0n) is 32.7. The van der Waals surface area contributed by atoms with Gasteiger partial charge in [0.25, 0.3) is 0 Å². The van der Waals surface area contributed by atoms with Crippen LogP contribution in [0.4, 0.5) is 0 Å². The molecule has 0 saturated heterocycles. The van der Waals surface area contributed by atoms with Crippen LogP contribution in [0, 0.1) is 6.92 Å². The molecule has 0 aliphatic carbocycles. The second-order valence-corrected chi connectivity index (χ2v) is 15.2. The number of unbranched alkanes of at least 4 members (excludes halogenated alkanes) is 34. The minimum Gasteiger partial charge on any atom is -0.218 e. The normalized spacial score (nSPS) is 11.6. The molecule has 0 atom stereocenters. The molecule has 47 heavy (non-hydrogen) atoms. The monoisotopic (exact) mass is 656 g/mol. The van der Waals surface area contributed by atoms with Gasteiger partial charge >= 0.3 is 0 Å². The van der Waals surface area contributed by atoms with E-state index >= 15 is 0 Å². The Balaban J connectivity index is 1.88. The lowest BCUT2D eigenvalue weighted by molar-refractivity contribution is 0.523. The van der Waals surface area contributed by atoms with Crippen molar-refractivity contribution >= 4 is 0 Å². The van der Waals surface area contributed by atoms with Crippen LogP contribution in [-0.4, -0.2) is 15.0 Å². The van der Waals surface area contributed by atoms with E-state index in [1.54, 1.807) is 0 Å². The standard InChI is InChI=1S/C44H85N3/c1-4-6-8-10-12-14-16-18-20-22-24-26-28-30-32-34-36-38-40-43-45-42(3)46-44(47-43)41-39-37-35-33-31-29-27-25-23-21-19-17-15-13-11-9-7-5-2/h4-41H2,1-3H3. The average molecular weight is 656 g/mol. The van der Waals surface area contributed by atoms with Crippen LogP contribution < -0.4 is 0 Å². The summed E-state index contributed by atoms with van der Waals surface area (Å²) in [5, 5.41) is 0. The van der Waals surface area contributed by atoms with Crippen molar-refractivity contribution in [2.75, 3.05) is 0 Å². The lowest BCUT2D eigenvalue weighted by atomic mass is 10.0. The van der Waals surface area contributed by atoms with E-state index in [9.17, 15) is 0 Å². The molecule has 0 radical (unpaired) electrons. The Labute approximate surface area is 296 Å². The fourth-order valence-electron chi connectivity index (χ4n) is 7.19. The number of rotatable bonds is 38. The Kier molecular flexibility index (Phi) is 34.0. The molecule has 1 heterocycles. The number of aromatic nitrogens is 3. The third kappa shape index (κ3) is 32.0. The highest BCUT2D eigenvalue weighted by Crippen LogP contribution is 2.17. The second kappa shape index (κ2) is 36.3. The van der Waals surface area contributed by atoms with Gasteiger partial charge < -0.3 is 0 Å². The molecule has 0 saturated carbocycles. The number of hydrogen-bond donors (Lipinski definition) is 0.